The molecular weight excluding hydrogens is 515 g/mol. The van der Waals surface area contributed by atoms with Crippen LogP contribution in [0.25, 0.3) is 0 Å². The summed E-state index contributed by atoms with van der Waals surface area (Å²) in [4.78, 5) is 25.7. The normalized spacial score (nSPS) is 40.7. The maximum Gasteiger partial charge on any atom is 0.309 e. The van der Waals surface area contributed by atoms with E-state index in [4.69, 9.17) is 9.47 Å². The number of hydrogen-bond donors (Lipinski definition) is 3. The van der Waals surface area contributed by atoms with E-state index in [9.17, 15) is 24.9 Å². The van der Waals surface area contributed by atoms with Crippen LogP contribution in [-0.4, -0.2) is 63.7 Å². The van der Waals surface area contributed by atoms with E-state index >= 15 is 0 Å². The van der Waals surface area contributed by atoms with E-state index in [1.165, 1.54) is 0 Å². The van der Waals surface area contributed by atoms with Crippen molar-refractivity contribution in [2.75, 3.05) is 6.61 Å². The van der Waals surface area contributed by atoms with E-state index in [2.05, 4.69) is 22.6 Å². The lowest BCUT2D eigenvalue weighted by Crippen LogP contribution is -2.45. The van der Waals surface area contributed by atoms with Crippen molar-refractivity contribution < 1.29 is 34.4 Å². The first-order valence-corrected chi connectivity index (χ1v) is 12.3. The summed E-state index contributed by atoms with van der Waals surface area (Å²) < 4.78 is 13.4. The zero-order valence-corrected chi connectivity index (χ0v) is 21.3. The van der Waals surface area contributed by atoms with E-state index in [1.54, 1.807) is 20.8 Å². The molecule has 2 aliphatic heterocycles. The van der Waals surface area contributed by atoms with Crippen molar-refractivity contribution in [1.82, 2.24) is 0 Å². The van der Waals surface area contributed by atoms with E-state index < -0.39 is 41.2 Å². The van der Waals surface area contributed by atoms with Crippen molar-refractivity contribution in [3.8, 4) is 0 Å². The molecule has 3 unspecified atom stereocenters. The average molecular weight is 552 g/mol. The number of fused-ring (bicyclic) bond motifs is 1. The lowest BCUT2D eigenvalue weighted by Gasteiger charge is -2.34. The fraction of sp³-hybridized carbons (Fsp3) is 0.826. The molecule has 8 heteroatoms. The maximum absolute atomic E-state index is 13.1. The first-order chi connectivity index (χ1) is 14.4. The molecule has 2 rings (SSSR count). The molecule has 178 valence electrons. The number of aliphatic hydroxyl groups excluding tert-OH is 3. The molecule has 2 fully saturated rings. The first-order valence-electron chi connectivity index (χ1n) is 11.0. The molecule has 2 aliphatic rings. The Hall–Kier alpha value is -0.550. The summed E-state index contributed by atoms with van der Waals surface area (Å²) in [6.07, 6.45) is -0.698. The summed E-state index contributed by atoms with van der Waals surface area (Å²) in [7, 11) is 0. The molecule has 0 bridgehead atoms. The first kappa shape index (κ1) is 26.7. The van der Waals surface area contributed by atoms with Crippen LogP contribution in [0.2, 0.25) is 0 Å². The molecule has 0 radical (unpaired) electrons. The van der Waals surface area contributed by atoms with Crippen LogP contribution in [0.1, 0.15) is 66.7 Å². The van der Waals surface area contributed by atoms with Gasteiger partial charge in [0.1, 0.15) is 17.5 Å². The summed E-state index contributed by atoms with van der Waals surface area (Å²) in [5.74, 6) is -1.69. The molecule has 7 nitrogen and oxygen atoms in total. The number of ketones is 1. The summed E-state index contributed by atoms with van der Waals surface area (Å²) in [5.41, 5.74) is -1.00. The fourth-order valence-corrected chi connectivity index (χ4v) is 4.86. The van der Waals surface area contributed by atoms with Crippen molar-refractivity contribution in [3.63, 3.8) is 0 Å². The number of carbonyl (C=O) groups excluding carboxylic acids is 2. The van der Waals surface area contributed by atoms with Crippen LogP contribution in [0, 0.1) is 17.3 Å². The minimum Gasteiger partial charge on any atom is -0.458 e. The second-order valence-electron chi connectivity index (χ2n) is 9.85. The Bertz CT molecular complexity index is 691. The third-order valence-electron chi connectivity index (χ3n) is 7.15. The number of rotatable bonds is 2. The van der Waals surface area contributed by atoms with Gasteiger partial charge in [-0.3, -0.25) is 9.59 Å². The molecule has 0 aliphatic carbocycles. The molecule has 3 N–H and O–H groups in total. The number of carbonyl (C=O) groups is 2. The minimum absolute atomic E-state index is 0.121. The van der Waals surface area contributed by atoms with Gasteiger partial charge in [-0.05, 0) is 35.3 Å². The zero-order valence-electron chi connectivity index (χ0n) is 19.1. The standard InChI is InChI=1S/C23H37IO7/c1-13-7-6-8-23(12-25)18(31-23)9-16(14(2)11-24)30-19(27)10-17(26)22(4,5)21(29)15(3)20(13)28/h11,13,15-18,20,25-26,28H,6-10,12H2,1-5H3/b14-11+/t13?,15?,16-,17?,18-,20-,23-/m0/s1. The van der Waals surface area contributed by atoms with Crippen LogP contribution < -0.4 is 0 Å². The van der Waals surface area contributed by atoms with Gasteiger partial charge in [-0.15, -0.1) is 0 Å². The quantitative estimate of drug-likeness (QED) is 0.274. The zero-order chi connectivity index (χ0) is 23.6. The van der Waals surface area contributed by atoms with Gasteiger partial charge in [-0.25, -0.2) is 0 Å². The smallest absolute Gasteiger partial charge is 0.309 e. The molecule has 0 aromatic carbocycles. The topological polar surface area (TPSA) is 117 Å². The van der Waals surface area contributed by atoms with Gasteiger partial charge in [0.05, 0.1) is 36.8 Å². The van der Waals surface area contributed by atoms with Gasteiger partial charge >= 0.3 is 5.97 Å². The number of aliphatic hydroxyl groups is 3. The lowest BCUT2D eigenvalue weighted by atomic mass is 9.73. The molecule has 0 aromatic rings. The number of halogens is 1. The van der Waals surface area contributed by atoms with E-state index in [-0.39, 0.29) is 30.8 Å². The van der Waals surface area contributed by atoms with Crippen LogP contribution in [0.15, 0.2) is 9.66 Å². The molecule has 31 heavy (non-hydrogen) atoms. The molecule has 2 saturated heterocycles. The number of epoxide rings is 1. The largest absolute Gasteiger partial charge is 0.458 e. The van der Waals surface area contributed by atoms with Crippen molar-refractivity contribution in [2.24, 2.45) is 17.3 Å². The van der Waals surface area contributed by atoms with Crippen molar-refractivity contribution >= 4 is 34.3 Å². The number of hydrogen-bond acceptors (Lipinski definition) is 7. The molecule has 0 saturated carbocycles. The second kappa shape index (κ2) is 10.6. The van der Waals surface area contributed by atoms with Crippen LogP contribution in [0.5, 0.6) is 0 Å². The summed E-state index contributed by atoms with van der Waals surface area (Å²) in [6, 6.07) is 0. The third-order valence-corrected chi connectivity index (χ3v) is 8.13. The maximum atomic E-state index is 13.1. The average Bonchev–Trinajstić information content (AvgIpc) is 3.42. The highest BCUT2D eigenvalue weighted by Crippen LogP contribution is 2.45. The lowest BCUT2D eigenvalue weighted by molar-refractivity contribution is -0.154. The molecule has 0 aromatic heterocycles. The second-order valence-corrected chi connectivity index (χ2v) is 10.5. The van der Waals surface area contributed by atoms with E-state index in [1.807, 2.05) is 17.9 Å². The highest BCUT2D eigenvalue weighted by molar-refractivity contribution is 14.1. The molecule has 0 spiro atoms. The highest BCUT2D eigenvalue weighted by atomic mass is 127. The van der Waals surface area contributed by atoms with Crippen LogP contribution in [0.4, 0.5) is 0 Å². The van der Waals surface area contributed by atoms with Gasteiger partial charge in [-0.2, -0.15) is 0 Å². The molecule has 0 amide bonds. The SMILES string of the molecule is C/C(=C\I)[C@@H]1C[C@@H]2O[C@]2(CO)CCCC(C)[C@H](O)C(C)C(=O)C(C)(C)C(O)CC(=O)O1. The van der Waals surface area contributed by atoms with E-state index in [0.29, 0.717) is 19.3 Å². The summed E-state index contributed by atoms with van der Waals surface area (Å²) in [6.45, 7) is 8.51. The van der Waals surface area contributed by atoms with Gasteiger partial charge in [-0.1, -0.05) is 56.7 Å². The predicted octanol–water partition coefficient (Wildman–Crippen LogP) is 2.92. The van der Waals surface area contributed by atoms with Gasteiger partial charge in [0.2, 0.25) is 0 Å². The highest BCUT2D eigenvalue weighted by Gasteiger charge is 2.56. The number of cyclic esters (lactones) is 1. The summed E-state index contributed by atoms with van der Waals surface area (Å²) in [5, 5.41) is 31.4. The minimum atomic E-state index is -1.23. The third kappa shape index (κ3) is 6.07. The van der Waals surface area contributed by atoms with Crippen LogP contribution in [-0.2, 0) is 19.1 Å². The Morgan fingerprint density at radius 1 is 1.26 bits per heavy atom. The monoisotopic (exact) mass is 552 g/mol. The fourth-order valence-electron chi connectivity index (χ4n) is 4.45. The Balaban J connectivity index is 2.29. The molecule has 7 atom stereocenters. The van der Waals surface area contributed by atoms with E-state index in [0.717, 1.165) is 12.0 Å². The number of ether oxygens (including phenoxy) is 2. The molecular formula is C23H37IO7. The number of esters is 1. The Labute approximate surface area is 198 Å². The predicted molar refractivity (Wildman–Crippen MR) is 125 cm³/mol. The van der Waals surface area contributed by atoms with Crippen molar-refractivity contribution in [1.29, 1.82) is 0 Å². The van der Waals surface area contributed by atoms with Crippen LogP contribution in [0.3, 0.4) is 0 Å². The van der Waals surface area contributed by atoms with Gasteiger partial charge in [0.25, 0.3) is 0 Å². The van der Waals surface area contributed by atoms with Crippen molar-refractivity contribution in [3.05, 3.63) is 9.66 Å². The Kier molecular flexibility index (Phi) is 9.12. The Morgan fingerprint density at radius 3 is 2.48 bits per heavy atom. The molecule has 2 heterocycles. The van der Waals surface area contributed by atoms with Gasteiger partial charge < -0.3 is 24.8 Å². The number of Topliss-reactive ketones (excluding diaryl/α,β-unsaturated/α-hetero) is 1. The van der Waals surface area contributed by atoms with Crippen LogP contribution >= 0.6 is 22.6 Å². The summed E-state index contributed by atoms with van der Waals surface area (Å²) >= 11 is 2.09. The van der Waals surface area contributed by atoms with Gasteiger partial charge in [0, 0.05) is 12.3 Å². The van der Waals surface area contributed by atoms with Crippen molar-refractivity contribution in [2.45, 2.75) is 96.7 Å². The van der Waals surface area contributed by atoms with Gasteiger partial charge in [0.15, 0.2) is 0 Å². The Morgan fingerprint density at radius 2 is 1.90 bits per heavy atom.